The third kappa shape index (κ3) is 3.80. The number of para-hydroxylation sites is 1. The highest BCUT2D eigenvalue weighted by Crippen LogP contribution is 2.21. The van der Waals surface area contributed by atoms with E-state index in [2.05, 4.69) is 16.0 Å². The molecule has 0 aliphatic heterocycles. The summed E-state index contributed by atoms with van der Waals surface area (Å²) in [5.74, 6) is 1.71. The molecule has 0 saturated carbocycles. The number of alkyl halides is 2. The van der Waals surface area contributed by atoms with Crippen LogP contribution >= 0.6 is 0 Å². The summed E-state index contributed by atoms with van der Waals surface area (Å²) in [6.07, 6.45) is 5.27. The Morgan fingerprint density at radius 3 is 2.67 bits per heavy atom. The number of benzene rings is 2. The zero-order chi connectivity index (χ0) is 15.2. The minimum absolute atomic E-state index is 0.0175. The number of hydrogen-bond acceptors (Lipinski definition) is 2. The molecule has 0 atom stereocenters. The van der Waals surface area contributed by atoms with E-state index in [1.54, 1.807) is 30.3 Å². The number of ether oxygens (including phenoxy) is 1. The Labute approximate surface area is 120 Å². The zero-order valence-electron chi connectivity index (χ0n) is 10.8. The molecule has 0 radical (unpaired) electrons. The zero-order valence-corrected chi connectivity index (χ0v) is 10.8. The lowest BCUT2D eigenvalue weighted by atomic mass is 10.1. The number of amides is 1. The maximum absolute atomic E-state index is 12.3. The van der Waals surface area contributed by atoms with Crippen LogP contribution in [0, 0.1) is 12.3 Å². The molecule has 0 fully saturated rings. The first-order chi connectivity index (χ1) is 10.1. The molecule has 21 heavy (non-hydrogen) atoms. The molecule has 106 valence electrons. The third-order valence-electron chi connectivity index (χ3n) is 2.63. The number of nitrogens with one attached hydrogen (secondary N) is 1. The third-order valence-corrected chi connectivity index (χ3v) is 2.63. The van der Waals surface area contributed by atoms with Gasteiger partial charge in [-0.25, -0.2) is 0 Å². The molecular formula is C16H11F2NO2. The highest BCUT2D eigenvalue weighted by atomic mass is 19.3. The van der Waals surface area contributed by atoms with E-state index in [1.165, 1.54) is 18.2 Å². The quantitative estimate of drug-likeness (QED) is 0.874. The van der Waals surface area contributed by atoms with Crippen LogP contribution in [0.25, 0.3) is 0 Å². The number of carbonyl (C=O) groups excluding carboxylic acids is 1. The molecular weight excluding hydrogens is 276 g/mol. The smallest absolute Gasteiger partial charge is 0.387 e. The van der Waals surface area contributed by atoms with E-state index >= 15 is 0 Å². The average molecular weight is 287 g/mol. The van der Waals surface area contributed by atoms with E-state index in [1.807, 2.05) is 0 Å². The number of carbonyl (C=O) groups is 1. The van der Waals surface area contributed by atoms with Gasteiger partial charge in [0.15, 0.2) is 0 Å². The van der Waals surface area contributed by atoms with Gasteiger partial charge in [-0.3, -0.25) is 4.79 Å². The van der Waals surface area contributed by atoms with Crippen molar-refractivity contribution < 1.29 is 18.3 Å². The van der Waals surface area contributed by atoms with Gasteiger partial charge >= 0.3 is 6.61 Å². The minimum Gasteiger partial charge on any atom is -0.434 e. The van der Waals surface area contributed by atoms with Gasteiger partial charge in [0.2, 0.25) is 0 Å². The van der Waals surface area contributed by atoms with Gasteiger partial charge in [0, 0.05) is 11.3 Å². The highest BCUT2D eigenvalue weighted by molar-refractivity contribution is 6.06. The Kier molecular flexibility index (Phi) is 4.52. The van der Waals surface area contributed by atoms with Crippen LogP contribution in [-0.2, 0) is 0 Å². The molecule has 0 bridgehead atoms. The van der Waals surface area contributed by atoms with Crippen LogP contribution in [0.15, 0.2) is 48.5 Å². The van der Waals surface area contributed by atoms with Gasteiger partial charge in [-0.1, -0.05) is 24.1 Å². The van der Waals surface area contributed by atoms with Crippen molar-refractivity contribution >= 4 is 11.6 Å². The first-order valence-corrected chi connectivity index (χ1v) is 6.02. The summed E-state index contributed by atoms with van der Waals surface area (Å²) < 4.78 is 28.9. The van der Waals surface area contributed by atoms with E-state index in [0.29, 0.717) is 11.3 Å². The molecule has 2 aromatic rings. The summed E-state index contributed by atoms with van der Waals surface area (Å²) in [4.78, 5) is 12.1. The fourth-order valence-electron chi connectivity index (χ4n) is 1.74. The SMILES string of the molecule is C#Cc1cccc(NC(=O)c2ccccc2OC(F)F)c1. The van der Waals surface area contributed by atoms with Crippen LogP contribution in [0.1, 0.15) is 15.9 Å². The van der Waals surface area contributed by atoms with Crippen molar-refractivity contribution in [2.24, 2.45) is 0 Å². The van der Waals surface area contributed by atoms with Gasteiger partial charge in [-0.2, -0.15) is 8.78 Å². The molecule has 1 amide bonds. The van der Waals surface area contributed by atoms with Crippen molar-refractivity contribution in [3.05, 3.63) is 59.7 Å². The number of anilines is 1. The molecule has 2 aromatic carbocycles. The van der Waals surface area contributed by atoms with Crippen molar-refractivity contribution in [3.63, 3.8) is 0 Å². The summed E-state index contributed by atoms with van der Waals surface area (Å²) in [6.45, 7) is -3.00. The van der Waals surface area contributed by atoms with E-state index in [-0.39, 0.29) is 11.3 Å². The molecule has 0 unspecified atom stereocenters. The topological polar surface area (TPSA) is 38.3 Å². The predicted molar refractivity (Wildman–Crippen MR) is 75.4 cm³/mol. The summed E-state index contributed by atoms with van der Waals surface area (Å²) in [5.41, 5.74) is 1.09. The van der Waals surface area contributed by atoms with Crippen molar-refractivity contribution in [3.8, 4) is 18.1 Å². The van der Waals surface area contributed by atoms with Gasteiger partial charge in [0.1, 0.15) is 5.75 Å². The van der Waals surface area contributed by atoms with Crippen LogP contribution in [0.3, 0.4) is 0 Å². The standard InChI is InChI=1S/C16H11F2NO2/c1-2-11-6-5-7-12(10-11)19-15(20)13-8-3-4-9-14(13)21-16(17)18/h1,3-10,16H,(H,19,20). The minimum atomic E-state index is -3.00. The maximum Gasteiger partial charge on any atom is 0.387 e. The monoisotopic (exact) mass is 287 g/mol. The molecule has 3 nitrogen and oxygen atoms in total. The molecule has 0 heterocycles. The van der Waals surface area contributed by atoms with Gasteiger partial charge in [-0.05, 0) is 30.3 Å². The summed E-state index contributed by atoms with van der Waals surface area (Å²) in [6, 6.07) is 12.4. The Hall–Kier alpha value is -2.87. The Morgan fingerprint density at radius 2 is 1.95 bits per heavy atom. The normalized spacial score (nSPS) is 10.0. The van der Waals surface area contributed by atoms with Gasteiger partial charge in [0.25, 0.3) is 5.91 Å². The first kappa shape index (κ1) is 14.5. The largest absolute Gasteiger partial charge is 0.434 e. The van der Waals surface area contributed by atoms with Crippen LogP contribution in [-0.4, -0.2) is 12.5 Å². The van der Waals surface area contributed by atoms with Gasteiger partial charge in [-0.15, -0.1) is 6.42 Å². The molecule has 2 rings (SSSR count). The maximum atomic E-state index is 12.3. The molecule has 5 heteroatoms. The second-order valence-electron chi connectivity index (χ2n) is 4.05. The lowest BCUT2D eigenvalue weighted by Gasteiger charge is -2.11. The Balaban J connectivity index is 2.22. The lowest BCUT2D eigenvalue weighted by molar-refractivity contribution is -0.0501. The van der Waals surface area contributed by atoms with E-state index in [0.717, 1.165) is 0 Å². The summed E-state index contributed by atoms with van der Waals surface area (Å²) in [5, 5.41) is 2.59. The first-order valence-electron chi connectivity index (χ1n) is 6.02. The van der Waals surface area contributed by atoms with Crippen molar-refractivity contribution in [1.82, 2.24) is 0 Å². The second kappa shape index (κ2) is 6.53. The predicted octanol–water partition coefficient (Wildman–Crippen LogP) is 3.52. The van der Waals surface area contributed by atoms with Crippen molar-refractivity contribution in [2.45, 2.75) is 6.61 Å². The van der Waals surface area contributed by atoms with Crippen LogP contribution in [0.4, 0.5) is 14.5 Å². The average Bonchev–Trinajstić information content (AvgIpc) is 2.47. The Bertz CT molecular complexity index is 693. The highest BCUT2D eigenvalue weighted by Gasteiger charge is 2.15. The molecule has 0 aliphatic rings. The van der Waals surface area contributed by atoms with E-state index < -0.39 is 12.5 Å². The number of rotatable bonds is 4. The Morgan fingerprint density at radius 1 is 1.19 bits per heavy atom. The number of hydrogen-bond donors (Lipinski definition) is 1. The molecule has 0 saturated heterocycles. The lowest BCUT2D eigenvalue weighted by Crippen LogP contribution is -2.15. The van der Waals surface area contributed by atoms with Gasteiger partial charge < -0.3 is 10.1 Å². The van der Waals surface area contributed by atoms with E-state index in [9.17, 15) is 13.6 Å². The fraction of sp³-hybridized carbons (Fsp3) is 0.0625. The van der Waals surface area contributed by atoms with Crippen LogP contribution < -0.4 is 10.1 Å². The second-order valence-corrected chi connectivity index (χ2v) is 4.05. The fourth-order valence-corrected chi connectivity index (χ4v) is 1.74. The van der Waals surface area contributed by atoms with Crippen molar-refractivity contribution in [2.75, 3.05) is 5.32 Å². The number of terminal acetylenes is 1. The van der Waals surface area contributed by atoms with Crippen molar-refractivity contribution in [1.29, 1.82) is 0 Å². The van der Waals surface area contributed by atoms with E-state index in [4.69, 9.17) is 6.42 Å². The van der Waals surface area contributed by atoms with Gasteiger partial charge in [0.05, 0.1) is 5.56 Å². The summed E-state index contributed by atoms with van der Waals surface area (Å²) >= 11 is 0. The molecule has 0 aliphatic carbocycles. The molecule has 0 aromatic heterocycles. The molecule has 0 spiro atoms. The summed E-state index contributed by atoms with van der Waals surface area (Å²) in [7, 11) is 0. The molecule has 1 N–H and O–H groups in total. The van der Waals surface area contributed by atoms with Crippen LogP contribution in [0.2, 0.25) is 0 Å². The van der Waals surface area contributed by atoms with Crippen LogP contribution in [0.5, 0.6) is 5.75 Å². The number of halogens is 2.